The van der Waals surface area contributed by atoms with Crippen molar-refractivity contribution in [1.29, 1.82) is 0 Å². The van der Waals surface area contributed by atoms with E-state index in [0.717, 1.165) is 37.7 Å². The second-order valence-electron chi connectivity index (χ2n) is 8.10. The fourth-order valence-corrected chi connectivity index (χ4v) is 3.32. The van der Waals surface area contributed by atoms with Crippen LogP contribution >= 0.6 is 0 Å². The summed E-state index contributed by atoms with van der Waals surface area (Å²) in [5.74, 6) is 0.156. The van der Waals surface area contributed by atoms with Crippen LogP contribution in [0, 0.1) is 5.92 Å². The molecule has 1 aromatic rings. The van der Waals surface area contributed by atoms with Crippen molar-refractivity contribution in [2.45, 2.75) is 72.3 Å². The first-order valence-electron chi connectivity index (χ1n) is 10.5. The first-order chi connectivity index (χ1) is 13.9. The average Bonchev–Trinajstić information content (AvgIpc) is 3.27. The molecule has 4 heteroatoms. The van der Waals surface area contributed by atoms with Gasteiger partial charge in [-0.1, -0.05) is 42.4 Å². The Hall–Kier alpha value is -2.49. The monoisotopic (exact) mass is 398 g/mol. The summed E-state index contributed by atoms with van der Waals surface area (Å²) >= 11 is 0. The second-order valence-corrected chi connectivity index (χ2v) is 8.10. The SMILES string of the molecule is CC1=C(O)[C@H](C/C(C)=C\CC[C@@H](C)/C=C\C=C(\C)CCCc2ccoc2)OC1=O. The minimum Gasteiger partial charge on any atom is -0.508 e. The minimum absolute atomic E-state index is 0.0750. The van der Waals surface area contributed by atoms with Gasteiger partial charge in [-0.05, 0) is 70.4 Å². The van der Waals surface area contributed by atoms with E-state index in [4.69, 9.17) is 9.15 Å². The Morgan fingerprint density at radius 2 is 2.10 bits per heavy atom. The molecular formula is C25H34O4. The van der Waals surface area contributed by atoms with E-state index in [9.17, 15) is 9.90 Å². The summed E-state index contributed by atoms with van der Waals surface area (Å²) in [5, 5.41) is 9.92. The van der Waals surface area contributed by atoms with E-state index in [-0.39, 0.29) is 5.76 Å². The highest BCUT2D eigenvalue weighted by Crippen LogP contribution is 2.25. The molecule has 2 heterocycles. The molecule has 0 saturated heterocycles. The molecule has 1 N–H and O–H groups in total. The van der Waals surface area contributed by atoms with E-state index in [1.165, 1.54) is 11.1 Å². The number of aliphatic hydroxyl groups excluding tert-OH is 1. The Labute approximate surface area is 174 Å². The number of carbonyl (C=O) groups excluding carboxylic acids is 1. The lowest BCUT2D eigenvalue weighted by Gasteiger charge is -2.11. The fraction of sp³-hybridized carbons (Fsp3) is 0.480. The van der Waals surface area contributed by atoms with Crippen LogP contribution in [0.3, 0.4) is 0 Å². The predicted octanol–water partition coefficient (Wildman–Crippen LogP) is 6.61. The average molecular weight is 399 g/mol. The molecule has 4 nitrogen and oxygen atoms in total. The molecule has 29 heavy (non-hydrogen) atoms. The Morgan fingerprint density at radius 1 is 1.31 bits per heavy atom. The molecule has 0 unspecified atom stereocenters. The molecule has 0 aromatic carbocycles. The van der Waals surface area contributed by atoms with Crippen LogP contribution in [-0.2, 0) is 16.0 Å². The molecule has 1 aliphatic rings. The molecule has 1 aromatic heterocycles. The second kappa shape index (κ2) is 11.5. The number of allylic oxidation sites excluding steroid dienone is 5. The summed E-state index contributed by atoms with van der Waals surface area (Å²) in [4.78, 5) is 11.5. The zero-order valence-electron chi connectivity index (χ0n) is 18.1. The van der Waals surface area contributed by atoms with Gasteiger partial charge in [0.25, 0.3) is 0 Å². The van der Waals surface area contributed by atoms with Crippen LogP contribution in [0.5, 0.6) is 0 Å². The van der Waals surface area contributed by atoms with Crippen molar-refractivity contribution in [2.24, 2.45) is 5.92 Å². The number of carbonyl (C=O) groups is 1. The van der Waals surface area contributed by atoms with Crippen LogP contribution in [0.15, 0.2) is 69.8 Å². The van der Waals surface area contributed by atoms with Gasteiger partial charge in [0, 0.05) is 6.42 Å². The van der Waals surface area contributed by atoms with Crippen molar-refractivity contribution in [1.82, 2.24) is 0 Å². The summed E-state index contributed by atoms with van der Waals surface area (Å²) in [7, 11) is 0. The maximum absolute atomic E-state index is 11.5. The largest absolute Gasteiger partial charge is 0.508 e. The third kappa shape index (κ3) is 7.80. The normalized spacial score (nSPS) is 19.3. The van der Waals surface area contributed by atoms with Gasteiger partial charge in [-0.3, -0.25) is 0 Å². The maximum atomic E-state index is 11.5. The molecule has 2 rings (SSSR count). The van der Waals surface area contributed by atoms with Gasteiger partial charge in [0.1, 0.15) is 5.76 Å². The lowest BCUT2D eigenvalue weighted by Crippen LogP contribution is -2.12. The van der Waals surface area contributed by atoms with Crippen LogP contribution in [-0.4, -0.2) is 17.2 Å². The molecule has 0 bridgehead atoms. The van der Waals surface area contributed by atoms with E-state index >= 15 is 0 Å². The summed E-state index contributed by atoms with van der Waals surface area (Å²) in [6.07, 6.45) is 17.7. The summed E-state index contributed by atoms with van der Waals surface area (Å²) < 4.78 is 10.3. The topological polar surface area (TPSA) is 59.7 Å². The number of esters is 1. The summed E-state index contributed by atoms with van der Waals surface area (Å²) in [5.41, 5.74) is 4.11. The van der Waals surface area contributed by atoms with Gasteiger partial charge >= 0.3 is 5.97 Å². The number of aliphatic hydroxyl groups is 1. The number of hydrogen-bond acceptors (Lipinski definition) is 4. The van der Waals surface area contributed by atoms with E-state index < -0.39 is 12.1 Å². The van der Waals surface area contributed by atoms with E-state index in [2.05, 4.69) is 38.2 Å². The summed E-state index contributed by atoms with van der Waals surface area (Å²) in [6, 6.07) is 2.03. The van der Waals surface area contributed by atoms with Crippen LogP contribution in [0.4, 0.5) is 0 Å². The summed E-state index contributed by atoms with van der Waals surface area (Å²) in [6.45, 7) is 8.02. The number of rotatable bonds is 11. The molecule has 0 spiro atoms. The Morgan fingerprint density at radius 3 is 2.76 bits per heavy atom. The number of cyclic esters (lactones) is 1. The smallest absolute Gasteiger partial charge is 0.338 e. The van der Waals surface area contributed by atoms with Crippen molar-refractivity contribution < 1.29 is 19.1 Å². The van der Waals surface area contributed by atoms with Gasteiger partial charge in [0.15, 0.2) is 6.10 Å². The van der Waals surface area contributed by atoms with Gasteiger partial charge in [0.2, 0.25) is 0 Å². The first kappa shape index (κ1) is 22.8. The van der Waals surface area contributed by atoms with Crippen molar-refractivity contribution in [2.75, 3.05) is 0 Å². The van der Waals surface area contributed by atoms with Gasteiger partial charge < -0.3 is 14.3 Å². The molecule has 0 saturated carbocycles. The zero-order chi connectivity index (χ0) is 21.2. The Balaban J connectivity index is 1.65. The molecule has 0 amide bonds. The quantitative estimate of drug-likeness (QED) is 0.259. The van der Waals surface area contributed by atoms with Crippen molar-refractivity contribution in [3.05, 3.63) is 70.9 Å². The van der Waals surface area contributed by atoms with Gasteiger partial charge in [-0.15, -0.1) is 0 Å². The van der Waals surface area contributed by atoms with Gasteiger partial charge in [-0.2, -0.15) is 0 Å². The number of hydrogen-bond donors (Lipinski definition) is 1. The van der Waals surface area contributed by atoms with Crippen LogP contribution < -0.4 is 0 Å². The third-order valence-corrected chi connectivity index (χ3v) is 5.30. The number of aryl methyl sites for hydroxylation is 1. The van der Waals surface area contributed by atoms with Crippen molar-refractivity contribution >= 4 is 5.97 Å². The van der Waals surface area contributed by atoms with Crippen molar-refractivity contribution in [3.8, 4) is 0 Å². The van der Waals surface area contributed by atoms with E-state index in [1.807, 2.05) is 19.3 Å². The molecule has 158 valence electrons. The van der Waals surface area contributed by atoms with Gasteiger partial charge in [-0.25, -0.2) is 4.79 Å². The van der Waals surface area contributed by atoms with Gasteiger partial charge in [0.05, 0.1) is 18.1 Å². The maximum Gasteiger partial charge on any atom is 0.338 e. The van der Waals surface area contributed by atoms with E-state index in [0.29, 0.717) is 17.9 Å². The standard InChI is InChI=1S/C25H34O4/c1-18(8-5-9-19(2)11-7-13-22-14-15-28-17-22)10-6-12-20(3)16-23-24(26)21(4)25(27)29-23/h5,8-9,12,14-15,17-18,23,26H,6-7,10-11,13,16H2,1-4H3/b8-5-,19-9-,20-12-/t18-,23-/m0/s1. The van der Waals surface area contributed by atoms with Crippen LogP contribution in [0.25, 0.3) is 0 Å². The lowest BCUT2D eigenvalue weighted by atomic mass is 10.0. The highest BCUT2D eigenvalue weighted by molar-refractivity contribution is 5.91. The molecule has 0 aliphatic carbocycles. The first-order valence-corrected chi connectivity index (χ1v) is 10.5. The molecule has 0 fully saturated rings. The molecular weight excluding hydrogens is 364 g/mol. The minimum atomic E-state index is -0.516. The van der Waals surface area contributed by atoms with Crippen LogP contribution in [0.1, 0.15) is 65.4 Å². The molecule has 1 aliphatic heterocycles. The zero-order valence-corrected chi connectivity index (χ0v) is 18.1. The number of ether oxygens (including phenoxy) is 1. The predicted molar refractivity (Wildman–Crippen MR) is 117 cm³/mol. The molecule has 0 radical (unpaired) electrons. The lowest BCUT2D eigenvalue weighted by molar-refractivity contribution is -0.140. The fourth-order valence-electron chi connectivity index (χ4n) is 3.32. The Bertz CT molecular complexity index is 778. The number of furan rings is 1. The highest BCUT2D eigenvalue weighted by atomic mass is 16.6. The third-order valence-electron chi connectivity index (χ3n) is 5.30. The van der Waals surface area contributed by atoms with E-state index in [1.54, 1.807) is 13.2 Å². The highest BCUT2D eigenvalue weighted by Gasteiger charge is 2.31. The van der Waals surface area contributed by atoms with Crippen molar-refractivity contribution in [3.63, 3.8) is 0 Å². The molecule has 2 atom stereocenters. The Kier molecular flexibility index (Phi) is 9.04. The van der Waals surface area contributed by atoms with Crippen LogP contribution in [0.2, 0.25) is 0 Å².